The van der Waals surface area contributed by atoms with E-state index >= 15 is 0 Å². The van der Waals surface area contributed by atoms with Crippen molar-refractivity contribution < 1.29 is 4.79 Å². The van der Waals surface area contributed by atoms with E-state index in [0.29, 0.717) is 25.7 Å². The molecule has 0 aliphatic heterocycles. The van der Waals surface area contributed by atoms with Gasteiger partial charge in [-0.3, -0.25) is 4.79 Å². The number of hydrogen-bond donors (Lipinski definition) is 2. The number of carbonyl (C=O) groups excluding carboxylic acids is 1. The molecule has 0 aliphatic rings. The van der Waals surface area contributed by atoms with Crippen LogP contribution in [0.3, 0.4) is 0 Å². The molecule has 0 saturated heterocycles. The van der Waals surface area contributed by atoms with Crippen molar-refractivity contribution in [2.24, 2.45) is 5.73 Å². The smallest absolute Gasteiger partial charge is 0.269 e. The van der Waals surface area contributed by atoms with E-state index in [9.17, 15) is 4.79 Å². The largest absolute Gasteiger partial charge is 0.389 e. The van der Waals surface area contributed by atoms with Crippen LogP contribution < -0.4 is 11.1 Å². The van der Waals surface area contributed by atoms with Crippen LogP contribution in [0.4, 0.5) is 5.69 Å². The third-order valence-corrected chi connectivity index (χ3v) is 4.08. The maximum Gasteiger partial charge on any atom is 0.269 e. The minimum Gasteiger partial charge on any atom is -0.389 e. The number of nitrogens with zero attached hydrogens (tertiary/aromatic N) is 2. The highest BCUT2D eigenvalue weighted by Gasteiger charge is 2.14. The lowest BCUT2D eigenvalue weighted by molar-refractivity contribution is 0.102. The average molecular weight is 357 g/mol. The van der Waals surface area contributed by atoms with E-state index in [-0.39, 0.29) is 5.91 Å². The highest BCUT2D eigenvalue weighted by atomic mass is 79.9. The Morgan fingerprint density at radius 2 is 2.26 bits per heavy atom. The van der Waals surface area contributed by atoms with Gasteiger partial charge in [0.25, 0.3) is 5.91 Å². The van der Waals surface area contributed by atoms with Gasteiger partial charge in [-0.05, 0) is 52.6 Å². The van der Waals surface area contributed by atoms with Crippen molar-refractivity contribution in [1.82, 2.24) is 9.59 Å². The summed E-state index contributed by atoms with van der Waals surface area (Å²) in [5.41, 5.74) is 7.52. The van der Waals surface area contributed by atoms with E-state index in [1.54, 1.807) is 25.1 Å². The Kier molecular flexibility index (Phi) is 4.23. The van der Waals surface area contributed by atoms with Gasteiger partial charge in [-0.15, -0.1) is 5.10 Å². The molecule has 2 rings (SSSR count). The minimum absolute atomic E-state index is 0.240. The van der Waals surface area contributed by atoms with Crippen LogP contribution >= 0.6 is 39.7 Å². The Morgan fingerprint density at radius 1 is 1.53 bits per heavy atom. The summed E-state index contributed by atoms with van der Waals surface area (Å²) in [7, 11) is 0. The SMILES string of the molecule is Cc1nnsc1C(=O)Nc1ccc(C(N)=S)cc1Br. The second-order valence-electron chi connectivity index (χ2n) is 3.70. The van der Waals surface area contributed by atoms with Gasteiger partial charge in [-0.1, -0.05) is 16.7 Å². The molecule has 0 fully saturated rings. The normalized spacial score (nSPS) is 10.2. The molecular formula is C11H9BrN4OS2. The molecule has 0 spiro atoms. The zero-order valence-electron chi connectivity index (χ0n) is 9.81. The number of benzene rings is 1. The number of nitrogens with two attached hydrogens (primary N) is 1. The fourth-order valence-corrected chi connectivity index (χ4v) is 2.55. The molecule has 2 aromatic rings. The Labute approximate surface area is 127 Å². The summed E-state index contributed by atoms with van der Waals surface area (Å²) < 4.78 is 4.44. The third kappa shape index (κ3) is 3.14. The first-order valence-corrected chi connectivity index (χ1v) is 7.16. The predicted molar refractivity (Wildman–Crippen MR) is 82.6 cm³/mol. The lowest BCUT2D eigenvalue weighted by atomic mass is 10.2. The molecule has 19 heavy (non-hydrogen) atoms. The molecule has 0 radical (unpaired) electrons. The van der Waals surface area contributed by atoms with Crippen molar-refractivity contribution in [2.45, 2.75) is 6.92 Å². The fraction of sp³-hybridized carbons (Fsp3) is 0.0909. The summed E-state index contributed by atoms with van der Waals surface area (Å²) in [6.45, 7) is 1.74. The lowest BCUT2D eigenvalue weighted by Crippen LogP contribution is -2.13. The summed E-state index contributed by atoms with van der Waals surface area (Å²) in [5, 5.41) is 6.58. The number of halogens is 1. The van der Waals surface area contributed by atoms with Crippen LogP contribution in [0.1, 0.15) is 20.9 Å². The van der Waals surface area contributed by atoms with Crippen molar-refractivity contribution in [1.29, 1.82) is 0 Å². The number of amides is 1. The molecule has 0 saturated carbocycles. The number of hydrogen-bond acceptors (Lipinski definition) is 5. The first-order valence-electron chi connectivity index (χ1n) is 5.18. The molecule has 3 N–H and O–H groups in total. The topological polar surface area (TPSA) is 80.9 Å². The van der Waals surface area contributed by atoms with Gasteiger partial charge in [-0.25, -0.2) is 0 Å². The van der Waals surface area contributed by atoms with Gasteiger partial charge in [0.1, 0.15) is 9.87 Å². The number of thiocarbonyl (C=S) groups is 1. The number of anilines is 1. The van der Waals surface area contributed by atoms with Crippen LogP contribution in [0.15, 0.2) is 22.7 Å². The van der Waals surface area contributed by atoms with E-state index in [1.165, 1.54) is 0 Å². The van der Waals surface area contributed by atoms with Crippen LogP contribution in [0, 0.1) is 6.92 Å². The molecule has 0 unspecified atom stereocenters. The second kappa shape index (κ2) is 5.72. The van der Waals surface area contributed by atoms with Gasteiger partial charge in [0.05, 0.1) is 11.4 Å². The van der Waals surface area contributed by atoms with E-state index in [4.69, 9.17) is 18.0 Å². The highest BCUT2D eigenvalue weighted by molar-refractivity contribution is 9.10. The van der Waals surface area contributed by atoms with Crippen LogP contribution in [0.5, 0.6) is 0 Å². The summed E-state index contributed by atoms with van der Waals surface area (Å²) >= 11 is 9.32. The molecule has 8 heteroatoms. The van der Waals surface area contributed by atoms with Gasteiger partial charge in [0.2, 0.25) is 0 Å². The Morgan fingerprint density at radius 3 is 2.79 bits per heavy atom. The molecule has 1 aromatic heterocycles. The zero-order chi connectivity index (χ0) is 14.0. The van der Waals surface area contributed by atoms with E-state index in [0.717, 1.165) is 17.1 Å². The number of aryl methyl sites for hydroxylation is 1. The van der Waals surface area contributed by atoms with Gasteiger partial charge in [0, 0.05) is 10.0 Å². The lowest BCUT2D eigenvalue weighted by Gasteiger charge is -2.08. The number of rotatable bonds is 3. The van der Waals surface area contributed by atoms with Crippen molar-refractivity contribution in [3.63, 3.8) is 0 Å². The van der Waals surface area contributed by atoms with Crippen LogP contribution in [-0.2, 0) is 0 Å². The summed E-state index contributed by atoms with van der Waals surface area (Å²) in [6.07, 6.45) is 0. The van der Waals surface area contributed by atoms with Gasteiger partial charge in [-0.2, -0.15) is 0 Å². The molecule has 0 bridgehead atoms. The number of carbonyl (C=O) groups is 1. The summed E-state index contributed by atoms with van der Waals surface area (Å²) in [5.74, 6) is -0.240. The van der Waals surface area contributed by atoms with Gasteiger partial charge < -0.3 is 11.1 Å². The molecule has 1 heterocycles. The standard InChI is InChI=1S/C11H9BrN4OS2/c1-5-9(19-16-15-5)11(17)14-8-3-2-6(10(13)18)4-7(8)12/h2-4H,1H3,(H2,13,18)(H,14,17). The Hall–Kier alpha value is -1.38. The van der Waals surface area contributed by atoms with Crippen molar-refractivity contribution in [3.8, 4) is 0 Å². The maximum absolute atomic E-state index is 12.0. The summed E-state index contributed by atoms with van der Waals surface area (Å²) in [6, 6.07) is 5.25. The highest BCUT2D eigenvalue weighted by Crippen LogP contribution is 2.25. The number of aromatic nitrogens is 2. The van der Waals surface area contributed by atoms with Gasteiger partial charge in [0.15, 0.2) is 0 Å². The van der Waals surface area contributed by atoms with E-state index in [2.05, 4.69) is 30.8 Å². The average Bonchev–Trinajstić information content (AvgIpc) is 2.77. The van der Waals surface area contributed by atoms with Crippen molar-refractivity contribution in [2.75, 3.05) is 5.32 Å². The summed E-state index contributed by atoms with van der Waals surface area (Å²) in [4.78, 5) is 12.8. The first kappa shape index (κ1) is 14.0. The molecule has 1 aromatic carbocycles. The van der Waals surface area contributed by atoms with Gasteiger partial charge >= 0.3 is 0 Å². The molecule has 0 atom stereocenters. The van der Waals surface area contributed by atoms with E-state index in [1.807, 2.05) is 0 Å². The molecule has 98 valence electrons. The Balaban J connectivity index is 2.23. The number of nitrogens with one attached hydrogen (secondary N) is 1. The Bertz CT molecular complexity index is 656. The first-order chi connectivity index (χ1) is 8.99. The quantitative estimate of drug-likeness (QED) is 0.825. The maximum atomic E-state index is 12.0. The second-order valence-corrected chi connectivity index (χ2v) is 5.75. The van der Waals surface area contributed by atoms with Crippen molar-refractivity contribution in [3.05, 3.63) is 38.8 Å². The van der Waals surface area contributed by atoms with Crippen LogP contribution in [0.25, 0.3) is 0 Å². The van der Waals surface area contributed by atoms with Crippen molar-refractivity contribution >= 4 is 56.3 Å². The third-order valence-electron chi connectivity index (χ3n) is 2.36. The fourth-order valence-electron chi connectivity index (χ4n) is 1.39. The minimum atomic E-state index is -0.240. The monoisotopic (exact) mass is 356 g/mol. The van der Waals surface area contributed by atoms with Crippen LogP contribution in [0.2, 0.25) is 0 Å². The molecule has 1 amide bonds. The predicted octanol–water partition coefficient (Wildman–Crippen LogP) is 2.50. The van der Waals surface area contributed by atoms with E-state index < -0.39 is 0 Å². The molecular weight excluding hydrogens is 348 g/mol. The molecule has 0 aliphatic carbocycles. The zero-order valence-corrected chi connectivity index (χ0v) is 13.0. The van der Waals surface area contributed by atoms with Crippen LogP contribution in [-0.4, -0.2) is 20.5 Å². The molecule has 5 nitrogen and oxygen atoms in total.